The number of aryl methyl sites for hydroxylation is 1. The van der Waals surface area contributed by atoms with Crippen LogP contribution in [-0.2, 0) is 6.54 Å². The Morgan fingerprint density at radius 3 is 2.40 bits per heavy atom. The number of halogens is 2. The number of nitrogens with one attached hydrogen (secondary N) is 1. The molecule has 0 saturated heterocycles. The van der Waals surface area contributed by atoms with Crippen LogP contribution in [0, 0.1) is 18.6 Å². The predicted molar refractivity (Wildman–Crippen MR) is 78.5 cm³/mol. The fourth-order valence-corrected chi connectivity index (χ4v) is 2.09. The summed E-state index contributed by atoms with van der Waals surface area (Å²) in [5.41, 5.74) is 3.82. The minimum atomic E-state index is -0.816. The van der Waals surface area contributed by atoms with Crippen LogP contribution in [0.2, 0.25) is 0 Å². The zero-order valence-corrected chi connectivity index (χ0v) is 12.0. The number of hydrogen-bond acceptors (Lipinski definition) is 1. The second kappa shape index (κ2) is 6.14. The van der Waals surface area contributed by atoms with E-state index >= 15 is 0 Å². The van der Waals surface area contributed by atoms with Gasteiger partial charge in [0.2, 0.25) is 0 Å². The molecule has 0 unspecified atom stereocenters. The Morgan fingerprint density at radius 2 is 1.75 bits per heavy atom. The lowest BCUT2D eigenvalue weighted by Gasteiger charge is -2.14. The summed E-state index contributed by atoms with van der Waals surface area (Å²) >= 11 is 0. The highest BCUT2D eigenvalue weighted by Crippen LogP contribution is 2.26. The largest absolute Gasteiger partial charge is 0.310 e. The summed E-state index contributed by atoms with van der Waals surface area (Å²) in [6, 6.07) is 10.5. The fraction of sp³-hybridized carbons (Fsp3) is 0.294. The number of rotatable bonds is 4. The molecule has 106 valence electrons. The summed E-state index contributed by atoms with van der Waals surface area (Å²) in [5.74, 6) is -1.63. The zero-order chi connectivity index (χ0) is 14.7. The molecule has 1 N–H and O–H groups in total. The maximum Gasteiger partial charge on any atom is 0.159 e. The normalized spacial score (nSPS) is 11.1. The smallest absolute Gasteiger partial charge is 0.159 e. The first-order valence-corrected chi connectivity index (χ1v) is 6.75. The average Bonchev–Trinajstić information content (AvgIpc) is 2.40. The summed E-state index contributed by atoms with van der Waals surface area (Å²) in [4.78, 5) is 0. The van der Waals surface area contributed by atoms with E-state index in [4.69, 9.17) is 0 Å². The molecule has 0 fully saturated rings. The van der Waals surface area contributed by atoms with Crippen LogP contribution >= 0.6 is 0 Å². The molecular weight excluding hydrogens is 256 g/mol. The standard InChI is InChI=1S/C17H19F2N/c1-11(2)20-10-14-5-4-12(3)8-15(14)13-6-7-16(18)17(19)9-13/h4-9,11,20H,10H2,1-3H3. The van der Waals surface area contributed by atoms with Crippen LogP contribution in [0.3, 0.4) is 0 Å². The zero-order valence-electron chi connectivity index (χ0n) is 12.0. The minimum Gasteiger partial charge on any atom is -0.310 e. The van der Waals surface area contributed by atoms with Crippen molar-refractivity contribution in [2.45, 2.75) is 33.4 Å². The van der Waals surface area contributed by atoms with E-state index in [2.05, 4.69) is 19.2 Å². The van der Waals surface area contributed by atoms with Gasteiger partial charge in [-0.05, 0) is 35.7 Å². The quantitative estimate of drug-likeness (QED) is 0.870. The minimum absolute atomic E-state index is 0.370. The maximum absolute atomic E-state index is 13.4. The van der Waals surface area contributed by atoms with Gasteiger partial charge >= 0.3 is 0 Å². The van der Waals surface area contributed by atoms with E-state index < -0.39 is 11.6 Å². The summed E-state index contributed by atoms with van der Waals surface area (Å²) in [7, 11) is 0. The molecule has 0 aliphatic carbocycles. The number of hydrogen-bond donors (Lipinski definition) is 1. The first kappa shape index (κ1) is 14.7. The number of benzene rings is 2. The van der Waals surface area contributed by atoms with E-state index in [1.807, 2.05) is 25.1 Å². The molecule has 0 aromatic heterocycles. The molecule has 0 aliphatic rings. The molecule has 0 radical (unpaired) electrons. The van der Waals surface area contributed by atoms with Gasteiger partial charge in [0.1, 0.15) is 0 Å². The van der Waals surface area contributed by atoms with Gasteiger partial charge in [-0.1, -0.05) is 43.7 Å². The summed E-state index contributed by atoms with van der Waals surface area (Å²) < 4.78 is 26.5. The van der Waals surface area contributed by atoms with Crippen LogP contribution in [0.15, 0.2) is 36.4 Å². The highest BCUT2D eigenvalue weighted by Gasteiger charge is 2.09. The van der Waals surface area contributed by atoms with Gasteiger partial charge < -0.3 is 5.32 Å². The first-order chi connectivity index (χ1) is 9.47. The van der Waals surface area contributed by atoms with Crippen molar-refractivity contribution in [2.75, 3.05) is 0 Å². The van der Waals surface area contributed by atoms with E-state index in [0.29, 0.717) is 18.2 Å². The van der Waals surface area contributed by atoms with Crippen molar-refractivity contribution < 1.29 is 8.78 Å². The fourth-order valence-electron chi connectivity index (χ4n) is 2.09. The molecule has 2 aromatic rings. The lowest BCUT2D eigenvalue weighted by molar-refractivity contribution is 0.509. The van der Waals surface area contributed by atoms with E-state index in [1.54, 1.807) is 6.07 Å². The summed E-state index contributed by atoms with van der Waals surface area (Å²) in [6.45, 7) is 6.84. The molecule has 3 heteroatoms. The van der Waals surface area contributed by atoms with Gasteiger partial charge in [-0.2, -0.15) is 0 Å². The molecule has 2 rings (SSSR count). The topological polar surface area (TPSA) is 12.0 Å². The molecule has 20 heavy (non-hydrogen) atoms. The Hall–Kier alpha value is -1.74. The second-order valence-electron chi connectivity index (χ2n) is 5.33. The molecule has 0 heterocycles. The lowest BCUT2D eigenvalue weighted by Crippen LogP contribution is -2.22. The summed E-state index contributed by atoms with van der Waals surface area (Å²) in [5, 5.41) is 3.35. The van der Waals surface area contributed by atoms with Gasteiger partial charge in [0.25, 0.3) is 0 Å². The van der Waals surface area contributed by atoms with Gasteiger partial charge in [-0.25, -0.2) is 8.78 Å². The Labute approximate surface area is 118 Å². The van der Waals surface area contributed by atoms with Crippen molar-refractivity contribution >= 4 is 0 Å². The van der Waals surface area contributed by atoms with Gasteiger partial charge in [0, 0.05) is 12.6 Å². The summed E-state index contributed by atoms with van der Waals surface area (Å²) in [6.07, 6.45) is 0. The predicted octanol–water partition coefficient (Wildman–Crippen LogP) is 4.44. The molecule has 0 saturated carbocycles. The van der Waals surface area contributed by atoms with Crippen LogP contribution in [0.4, 0.5) is 8.78 Å². The molecule has 0 spiro atoms. The van der Waals surface area contributed by atoms with Crippen LogP contribution in [-0.4, -0.2) is 6.04 Å². The van der Waals surface area contributed by atoms with Gasteiger partial charge in [0.05, 0.1) is 0 Å². The third-order valence-electron chi connectivity index (χ3n) is 3.20. The highest BCUT2D eigenvalue weighted by molar-refractivity contribution is 5.68. The first-order valence-electron chi connectivity index (χ1n) is 6.75. The Balaban J connectivity index is 2.42. The third kappa shape index (κ3) is 3.42. The van der Waals surface area contributed by atoms with Crippen molar-refractivity contribution in [3.05, 3.63) is 59.2 Å². The van der Waals surface area contributed by atoms with Crippen molar-refractivity contribution in [3.8, 4) is 11.1 Å². The monoisotopic (exact) mass is 275 g/mol. The van der Waals surface area contributed by atoms with Crippen molar-refractivity contribution in [3.63, 3.8) is 0 Å². The van der Waals surface area contributed by atoms with Gasteiger partial charge in [0.15, 0.2) is 11.6 Å². The second-order valence-corrected chi connectivity index (χ2v) is 5.33. The molecule has 1 nitrogen and oxygen atoms in total. The molecule has 2 aromatic carbocycles. The molecule has 0 aliphatic heterocycles. The molecule has 0 atom stereocenters. The van der Waals surface area contributed by atoms with Crippen LogP contribution in [0.5, 0.6) is 0 Å². The highest BCUT2D eigenvalue weighted by atomic mass is 19.2. The van der Waals surface area contributed by atoms with Gasteiger partial charge in [-0.15, -0.1) is 0 Å². The lowest BCUT2D eigenvalue weighted by atomic mass is 9.97. The Morgan fingerprint density at radius 1 is 1.00 bits per heavy atom. The van der Waals surface area contributed by atoms with E-state index in [1.165, 1.54) is 12.1 Å². The SMILES string of the molecule is Cc1ccc(CNC(C)C)c(-c2ccc(F)c(F)c2)c1. The van der Waals surface area contributed by atoms with Crippen molar-refractivity contribution in [2.24, 2.45) is 0 Å². The Kier molecular flexibility index (Phi) is 4.50. The van der Waals surface area contributed by atoms with Crippen molar-refractivity contribution in [1.29, 1.82) is 0 Å². The van der Waals surface area contributed by atoms with Crippen LogP contribution < -0.4 is 5.32 Å². The average molecular weight is 275 g/mol. The molecule has 0 amide bonds. The molecular formula is C17H19F2N. The van der Waals surface area contributed by atoms with Crippen LogP contribution in [0.25, 0.3) is 11.1 Å². The Bertz CT molecular complexity index is 606. The molecule has 0 bridgehead atoms. The third-order valence-corrected chi connectivity index (χ3v) is 3.20. The van der Waals surface area contributed by atoms with E-state index in [9.17, 15) is 8.78 Å². The van der Waals surface area contributed by atoms with E-state index in [-0.39, 0.29) is 0 Å². The van der Waals surface area contributed by atoms with Crippen molar-refractivity contribution in [1.82, 2.24) is 5.32 Å². The van der Waals surface area contributed by atoms with Gasteiger partial charge in [-0.3, -0.25) is 0 Å². The van der Waals surface area contributed by atoms with Crippen LogP contribution in [0.1, 0.15) is 25.0 Å². The maximum atomic E-state index is 13.4. The van der Waals surface area contributed by atoms with E-state index in [0.717, 1.165) is 16.7 Å².